The lowest BCUT2D eigenvalue weighted by molar-refractivity contribution is 0.0698. The number of imidazole rings is 1. The number of nitrogens with zero attached hydrogens (tertiary/aromatic N) is 6. The first-order valence-corrected chi connectivity index (χ1v) is 13.3. The van der Waals surface area contributed by atoms with Gasteiger partial charge in [0.05, 0.1) is 36.9 Å². The number of para-hydroxylation sites is 1. The number of carbonyl (C=O) groups is 1. The maximum Gasteiger partial charge on any atom is 0.337 e. The number of rotatable bonds is 9. The molecule has 0 spiro atoms. The number of H-pyrrole nitrogens is 1. The van der Waals surface area contributed by atoms with Crippen LogP contribution in [0.1, 0.15) is 28.4 Å². The number of hydrogen-bond acceptors (Lipinski definition) is 8. The van der Waals surface area contributed by atoms with E-state index in [1.807, 2.05) is 60.9 Å². The van der Waals surface area contributed by atoms with E-state index >= 15 is 0 Å². The standard InChI is InChI=1S/C31H27N7O4/c1-4-42-31-33-26-7-5-6-24(30(39)40)27(26)38(31)17-19-8-10-20(11-9-19)25-15-21(12-13-23(25)28-34-36-37-35-28)22-14-18(2)29(41-3)32-16-22/h5-16H,4,17H2,1-3H3,(H,39,40)(H,34,35,36,37). The Bertz CT molecular complexity index is 1900. The molecule has 3 aromatic heterocycles. The molecule has 0 bridgehead atoms. The molecule has 0 unspecified atom stereocenters. The lowest BCUT2D eigenvalue weighted by atomic mass is 9.94. The van der Waals surface area contributed by atoms with Crippen LogP contribution in [0.15, 0.2) is 72.9 Å². The number of tetrazole rings is 1. The number of methoxy groups -OCH3 is 1. The summed E-state index contributed by atoms with van der Waals surface area (Å²) >= 11 is 0. The highest BCUT2D eigenvalue weighted by molar-refractivity contribution is 6.01. The van der Waals surface area contributed by atoms with E-state index in [2.05, 4.69) is 36.7 Å². The highest BCUT2D eigenvalue weighted by atomic mass is 16.5. The summed E-state index contributed by atoms with van der Waals surface area (Å²) in [4.78, 5) is 21.0. The van der Waals surface area contributed by atoms with E-state index in [0.29, 0.717) is 41.9 Å². The minimum atomic E-state index is -1.02. The Balaban J connectivity index is 1.40. The van der Waals surface area contributed by atoms with Gasteiger partial charge in [-0.25, -0.2) is 9.78 Å². The molecule has 3 heterocycles. The Morgan fingerprint density at radius 1 is 1.00 bits per heavy atom. The number of aromatic nitrogens is 7. The van der Waals surface area contributed by atoms with Gasteiger partial charge in [-0.15, -0.1) is 10.2 Å². The predicted molar refractivity (Wildman–Crippen MR) is 157 cm³/mol. The fourth-order valence-corrected chi connectivity index (χ4v) is 5.06. The molecule has 0 saturated heterocycles. The number of ether oxygens (including phenoxy) is 2. The third-order valence-corrected chi connectivity index (χ3v) is 7.00. The van der Waals surface area contributed by atoms with Crippen molar-refractivity contribution in [2.45, 2.75) is 20.4 Å². The first-order chi connectivity index (χ1) is 20.5. The van der Waals surface area contributed by atoms with Gasteiger partial charge in [0.2, 0.25) is 11.7 Å². The molecular formula is C31H27N7O4. The summed E-state index contributed by atoms with van der Waals surface area (Å²) in [7, 11) is 1.61. The van der Waals surface area contributed by atoms with Crippen molar-refractivity contribution in [1.82, 2.24) is 35.2 Å². The quantitative estimate of drug-likeness (QED) is 0.237. The third-order valence-electron chi connectivity index (χ3n) is 7.00. The maximum atomic E-state index is 12.0. The van der Waals surface area contributed by atoms with E-state index in [1.165, 1.54) is 0 Å². The number of aryl methyl sites for hydroxylation is 1. The minimum Gasteiger partial charge on any atom is -0.481 e. The Labute approximate surface area is 240 Å². The predicted octanol–water partition coefficient (Wildman–Crippen LogP) is 5.41. The van der Waals surface area contributed by atoms with Gasteiger partial charge in [-0.1, -0.05) is 36.4 Å². The van der Waals surface area contributed by atoms with Gasteiger partial charge in [-0.2, -0.15) is 10.2 Å². The van der Waals surface area contributed by atoms with Crippen molar-refractivity contribution >= 4 is 17.0 Å². The number of aromatic carboxylic acids is 1. The van der Waals surface area contributed by atoms with Crippen LogP contribution < -0.4 is 9.47 Å². The normalized spacial score (nSPS) is 11.1. The van der Waals surface area contributed by atoms with Crippen molar-refractivity contribution < 1.29 is 19.4 Å². The molecule has 2 N–H and O–H groups in total. The number of nitrogens with one attached hydrogen (secondary N) is 1. The molecule has 6 rings (SSSR count). The van der Waals surface area contributed by atoms with Crippen molar-refractivity contribution in [2.75, 3.05) is 13.7 Å². The van der Waals surface area contributed by atoms with Crippen LogP contribution >= 0.6 is 0 Å². The molecule has 0 saturated carbocycles. The van der Waals surface area contributed by atoms with Gasteiger partial charge in [0, 0.05) is 22.9 Å². The second-order valence-electron chi connectivity index (χ2n) is 9.63. The smallest absolute Gasteiger partial charge is 0.337 e. The van der Waals surface area contributed by atoms with E-state index in [9.17, 15) is 9.90 Å². The fraction of sp³-hybridized carbons (Fsp3) is 0.161. The SMILES string of the molecule is CCOc1nc2cccc(C(=O)O)c2n1Cc1ccc(-c2cc(-c3cnc(OC)c(C)c3)ccc2-c2nn[nH]n2)cc1. The van der Waals surface area contributed by atoms with Gasteiger partial charge in [-0.05, 0) is 71.6 Å². The second-order valence-corrected chi connectivity index (χ2v) is 9.63. The van der Waals surface area contributed by atoms with Gasteiger partial charge < -0.3 is 14.6 Å². The largest absolute Gasteiger partial charge is 0.481 e. The maximum absolute atomic E-state index is 12.0. The van der Waals surface area contributed by atoms with Crippen LogP contribution in [-0.4, -0.2) is 60.0 Å². The summed E-state index contributed by atoms with van der Waals surface area (Å²) in [6.07, 6.45) is 1.79. The van der Waals surface area contributed by atoms with Crippen LogP contribution in [0, 0.1) is 6.92 Å². The second kappa shape index (κ2) is 11.1. The zero-order valence-corrected chi connectivity index (χ0v) is 23.2. The molecule has 0 atom stereocenters. The Morgan fingerprint density at radius 2 is 1.81 bits per heavy atom. The van der Waals surface area contributed by atoms with Crippen LogP contribution in [0.4, 0.5) is 0 Å². The number of pyridine rings is 1. The summed E-state index contributed by atoms with van der Waals surface area (Å²) in [5.41, 5.74) is 7.78. The van der Waals surface area contributed by atoms with Crippen LogP contribution in [0.5, 0.6) is 11.9 Å². The van der Waals surface area contributed by atoms with Gasteiger partial charge in [0.25, 0.3) is 6.01 Å². The van der Waals surface area contributed by atoms with E-state index in [0.717, 1.165) is 38.9 Å². The number of carboxylic acid groups (broad SMARTS) is 1. The zero-order chi connectivity index (χ0) is 29.2. The van der Waals surface area contributed by atoms with Crippen molar-refractivity contribution in [2.24, 2.45) is 0 Å². The van der Waals surface area contributed by atoms with Gasteiger partial charge in [-0.3, -0.25) is 4.57 Å². The van der Waals surface area contributed by atoms with Crippen LogP contribution in [0.3, 0.4) is 0 Å². The fourth-order valence-electron chi connectivity index (χ4n) is 5.06. The topological polar surface area (TPSA) is 141 Å². The molecule has 0 aliphatic carbocycles. The number of fused-ring (bicyclic) bond motifs is 1. The summed E-state index contributed by atoms with van der Waals surface area (Å²) < 4.78 is 12.9. The third kappa shape index (κ3) is 4.92. The average molecular weight is 562 g/mol. The molecule has 0 aliphatic heterocycles. The zero-order valence-electron chi connectivity index (χ0n) is 23.2. The highest BCUT2D eigenvalue weighted by Crippen LogP contribution is 2.35. The summed E-state index contributed by atoms with van der Waals surface area (Å²) in [5, 5.41) is 24.5. The average Bonchev–Trinajstić information content (AvgIpc) is 3.66. The van der Waals surface area contributed by atoms with Gasteiger partial charge in [0.15, 0.2) is 0 Å². The monoisotopic (exact) mass is 561 g/mol. The molecule has 11 nitrogen and oxygen atoms in total. The van der Waals surface area contributed by atoms with Gasteiger partial charge in [0.1, 0.15) is 0 Å². The molecule has 6 aromatic rings. The van der Waals surface area contributed by atoms with E-state index < -0.39 is 5.97 Å². The molecule has 0 amide bonds. The van der Waals surface area contributed by atoms with Crippen molar-refractivity contribution in [1.29, 1.82) is 0 Å². The van der Waals surface area contributed by atoms with E-state index in [1.54, 1.807) is 31.5 Å². The highest BCUT2D eigenvalue weighted by Gasteiger charge is 2.19. The molecule has 0 radical (unpaired) electrons. The molecule has 0 fully saturated rings. The van der Waals surface area contributed by atoms with Crippen LogP contribution in [0.2, 0.25) is 0 Å². The van der Waals surface area contributed by atoms with Gasteiger partial charge >= 0.3 is 5.97 Å². The Morgan fingerprint density at radius 3 is 2.50 bits per heavy atom. The summed E-state index contributed by atoms with van der Waals surface area (Å²) in [6.45, 7) is 4.62. The summed E-state index contributed by atoms with van der Waals surface area (Å²) in [6, 6.07) is 21.6. The minimum absolute atomic E-state index is 0.174. The number of benzene rings is 3. The lowest BCUT2D eigenvalue weighted by Gasteiger charge is -2.13. The Kier molecular flexibility index (Phi) is 7.05. The van der Waals surface area contributed by atoms with Crippen molar-refractivity contribution in [3.05, 3.63) is 89.6 Å². The first-order valence-electron chi connectivity index (χ1n) is 13.3. The molecule has 42 heavy (non-hydrogen) atoms. The molecule has 210 valence electrons. The van der Waals surface area contributed by atoms with Crippen LogP contribution in [-0.2, 0) is 6.54 Å². The molecular weight excluding hydrogens is 534 g/mol. The molecule has 3 aromatic carbocycles. The summed E-state index contributed by atoms with van der Waals surface area (Å²) in [5.74, 6) is 0.0556. The van der Waals surface area contributed by atoms with Crippen molar-refractivity contribution in [3.8, 4) is 45.5 Å². The molecule has 11 heteroatoms. The van der Waals surface area contributed by atoms with Crippen LogP contribution in [0.25, 0.3) is 44.7 Å². The number of hydrogen-bond donors (Lipinski definition) is 2. The van der Waals surface area contributed by atoms with E-state index in [-0.39, 0.29) is 5.56 Å². The Hall–Kier alpha value is -5.58. The lowest BCUT2D eigenvalue weighted by Crippen LogP contribution is -2.08. The van der Waals surface area contributed by atoms with E-state index in [4.69, 9.17) is 9.47 Å². The number of aromatic amines is 1. The number of carboxylic acids is 1. The first kappa shape index (κ1) is 26.6. The molecule has 0 aliphatic rings. The van der Waals surface area contributed by atoms with Crippen molar-refractivity contribution in [3.63, 3.8) is 0 Å².